The third-order valence-corrected chi connectivity index (χ3v) is 2.41. The van der Waals surface area contributed by atoms with E-state index >= 15 is 0 Å². The average molecular weight is 254 g/mol. The molecule has 4 nitrogen and oxygen atoms in total. The van der Waals surface area contributed by atoms with E-state index in [1.54, 1.807) is 21.1 Å². The van der Waals surface area contributed by atoms with E-state index in [2.05, 4.69) is 4.74 Å². The zero-order valence-electron chi connectivity index (χ0n) is 12.0. The van der Waals surface area contributed by atoms with Gasteiger partial charge in [-0.3, -0.25) is 4.79 Å². The van der Waals surface area contributed by atoms with Crippen molar-refractivity contribution in [1.29, 1.82) is 0 Å². The van der Waals surface area contributed by atoms with Gasteiger partial charge in [-0.2, -0.15) is 0 Å². The molecule has 18 heavy (non-hydrogen) atoms. The number of esters is 1. The topological polar surface area (TPSA) is 44.8 Å². The number of rotatable bonds is 3. The largest absolute Gasteiger partial charge is 0.496 e. The van der Waals surface area contributed by atoms with Crippen molar-refractivity contribution in [3.05, 3.63) is 23.3 Å². The van der Waals surface area contributed by atoms with Gasteiger partial charge in [-0.15, -0.1) is 0 Å². The van der Waals surface area contributed by atoms with Crippen LogP contribution in [0.3, 0.4) is 0 Å². The van der Waals surface area contributed by atoms with Crippen molar-refractivity contribution in [3.8, 4) is 11.5 Å². The number of carbonyl (C=O) groups is 1. The molecule has 1 aromatic rings. The van der Waals surface area contributed by atoms with Crippen molar-refractivity contribution in [2.45, 2.75) is 27.2 Å². The Labute approximate surface area is 109 Å². The Morgan fingerprint density at radius 3 is 1.72 bits per heavy atom. The predicted octanol–water partition coefficient (Wildman–Crippen LogP) is 2.89. The average Bonchev–Trinajstić information content (AvgIpc) is 2.40. The minimum atomic E-state index is -0.157. The Bertz CT molecular complexity index is 354. The summed E-state index contributed by atoms with van der Waals surface area (Å²) < 4.78 is 14.6. The normalized spacial score (nSPS) is 9.00. The summed E-state index contributed by atoms with van der Waals surface area (Å²) in [4.78, 5) is 9.96. The van der Waals surface area contributed by atoms with Gasteiger partial charge >= 0.3 is 5.97 Å². The van der Waals surface area contributed by atoms with Crippen LogP contribution in [0.1, 0.15) is 24.5 Å². The Hall–Kier alpha value is -1.71. The number of ether oxygens (including phenoxy) is 3. The third-order valence-electron chi connectivity index (χ3n) is 2.41. The van der Waals surface area contributed by atoms with Crippen LogP contribution in [0.25, 0.3) is 0 Å². The molecule has 0 atom stereocenters. The molecule has 0 spiro atoms. The van der Waals surface area contributed by atoms with Gasteiger partial charge in [-0.05, 0) is 31.5 Å². The maximum absolute atomic E-state index is 9.96. The minimum Gasteiger partial charge on any atom is -0.496 e. The molecule has 0 amide bonds. The Morgan fingerprint density at radius 2 is 1.50 bits per heavy atom. The molecular weight excluding hydrogens is 232 g/mol. The molecule has 0 saturated heterocycles. The molecular formula is C14H22O4. The first-order valence-corrected chi connectivity index (χ1v) is 5.76. The molecule has 0 aliphatic rings. The summed E-state index contributed by atoms with van der Waals surface area (Å²) in [6, 6.07) is 4.00. The SMILES string of the molecule is CCC(=O)OC.COc1cc(C)cc(OC)c1C. The van der Waals surface area contributed by atoms with Gasteiger partial charge in [0.25, 0.3) is 0 Å². The van der Waals surface area contributed by atoms with Crippen LogP contribution >= 0.6 is 0 Å². The van der Waals surface area contributed by atoms with Gasteiger partial charge in [0.05, 0.1) is 21.3 Å². The highest BCUT2D eigenvalue weighted by Crippen LogP contribution is 2.28. The molecule has 1 rings (SSSR count). The van der Waals surface area contributed by atoms with E-state index in [1.807, 2.05) is 26.0 Å². The first kappa shape index (κ1) is 16.3. The molecule has 102 valence electrons. The standard InChI is InChI=1S/C10H14O2.C4H8O2/c1-7-5-9(11-3)8(2)10(6-7)12-4;1-3-4(5)6-2/h5-6H,1-4H3;3H2,1-2H3. The summed E-state index contributed by atoms with van der Waals surface area (Å²) in [5.74, 6) is 1.61. The minimum absolute atomic E-state index is 0.157. The first-order valence-electron chi connectivity index (χ1n) is 5.76. The molecule has 0 fully saturated rings. The van der Waals surface area contributed by atoms with Gasteiger partial charge in [-0.1, -0.05) is 6.92 Å². The number of carbonyl (C=O) groups excluding carboxylic acids is 1. The van der Waals surface area contributed by atoms with E-state index in [0.717, 1.165) is 22.6 Å². The summed E-state index contributed by atoms with van der Waals surface area (Å²) in [6.45, 7) is 5.76. The van der Waals surface area contributed by atoms with Gasteiger partial charge in [-0.25, -0.2) is 0 Å². The Balaban J connectivity index is 0.000000411. The molecule has 0 unspecified atom stereocenters. The fourth-order valence-corrected chi connectivity index (χ4v) is 1.36. The number of benzene rings is 1. The second-order valence-corrected chi connectivity index (χ2v) is 3.72. The molecule has 4 heteroatoms. The zero-order valence-corrected chi connectivity index (χ0v) is 12.0. The molecule has 1 aromatic carbocycles. The lowest BCUT2D eigenvalue weighted by Gasteiger charge is -2.10. The van der Waals surface area contributed by atoms with Crippen molar-refractivity contribution in [2.24, 2.45) is 0 Å². The van der Waals surface area contributed by atoms with E-state index < -0.39 is 0 Å². The highest BCUT2D eigenvalue weighted by Gasteiger charge is 2.05. The number of aryl methyl sites for hydroxylation is 1. The molecule has 0 N–H and O–H groups in total. The maximum atomic E-state index is 9.96. The summed E-state index contributed by atoms with van der Waals surface area (Å²) in [6.07, 6.45) is 0.469. The first-order chi connectivity index (χ1) is 8.49. The molecule has 0 heterocycles. The van der Waals surface area contributed by atoms with Crippen LogP contribution in [0.15, 0.2) is 12.1 Å². The second-order valence-electron chi connectivity index (χ2n) is 3.72. The number of hydrogen-bond acceptors (Lipinski definition) is 4. The van der Waals surface area contributed by atoms with E-state index in [4.69, 9.17) is 9.47 Å². The quantitative estimate of drug-likeness (QED) is 0.778. The molecule has 0 radical (unpaired) electrons. The number of hydrogen-bond donors (Lipinski definition) is 0. The molecule has 0 bridgehead atoms. The third kappa shape index (κ3) is 5.08. The Morgan fingerprint density at radius 1 is 1.06 bits per heavy atom. The fraction of sp³-hybridized carbons (Fsp3) is 0.500. The summed E-state index contributed by atoms with van der Waals surface area (Å²) >= 11 is 0. The molecule has 0 aliphatic carbocycles. The monoisotopic (exact) mass is 254 g/mol. The van der Waals surface area contributed by atoms with Crippen LogP contribution in [-0.2, 0) is 9.53 Å². The summed E-state index contributed by atoms with van der Waals surface area (Å²) in [5.41, 5.74) is 2.19. The van der Waals surface area contributed by atoms with E-state index in [-0.39, 0.29) is 5.97 Å². The van der Waals surface area contributed by atoms with Crippen molar-refractivity contribution in [2.75, 3.05) is 21.3 Å². The zero-order chi connectivity index (χ0) is 14.1. The summed E-state index contributed by atoms with van der Waals surface area (Å²) in [5, 5.41) is 0. The highest BCUT2D eigenvalue weighted by atomic mass is 16.5. The predicted molar refractivity (Wildman–Crippen MR) is 71.3 cm³/mol. The second kappa shape index (κ2) is 8.39. The number of methoxy groups -OCH3 is 3. The fourth-order valence-electron chi connectivity index (χ4n) is 1.36. The summed E-state index contributed by atoms with van der Waals surface area (Å²) in [7, 11) is 4.72. The van der Waals surface area contributed by atoms with Gasteiger partial charge in [0.1, 0.15) is 11.5 Å². The molecule has 0 aromatic heterocycles. The van der Waals surface area contributed by atoms with Crippen LogP contribution in [0.5, 0.6) is 11.5 Å². The lowest BCUT2D eigenvalue weighted by atomic mass is 10.1. The van der Waals surface area contributed by atoms with Crippen LogP contribution < -0.4 is 9.47 Å². The van der Waals surface area contributed by atoms with Crippen LogP contribution in [-0.4, -0.2) is 27.3 Å². The van der Waals surface area contributed by atoms with Gasteiger partial charge in [0.15, 0.2) is 0 Å². The lowest BCUT2D eigenvalue weighted by Crippen LogP contribution is -1.94. The van der Waals surface area contributed by atoms with Crippen LogP contribution in [0.4, 0.5) is 0 Å². The van der Waals surface area contributed by atoms with Crippen molar-refractivity contribution >= 4 is 5.97 Å². The lowest BCUT2D eigenvalue weighted by molar-refractivity contribution is -0.140. The van der Waals surface area contributed by atoms with E-state index in [0.29, 0.717) is 6.42 Å². The van der Waals surface area contributed by atoms with Crippen molar-refractivity contribution in [3.63, 3.8) is 0 Å². The van der Waals surface area contributed by atoms with Crippen molar-refractivity contribution in [1.82, 2.24) is 0 Å². The van der Waals surface area contributed by atoms with Gasteiger partial charge in [0.2, 0.25) is 0 Å². The van der Waals surface area contributed by atoms with E-state index in [9.17, 15) is 4.79 Å². The maximum Gasteiger partial charge on any atom is 0.305 e. The molecule has 0 saturated carbocycles. The van der Waals surface area contributed by atoms with E-state index in [1.165, 1.54) is 7.11 Å². The van der Waals surface area contributed by atoms with Gasteiger partial charge < -0.3 is 14.2 Å². The Kier molecular flexibility index (Phi) is 7.59. The van der Waals surface area contributed by atoms with Gasteiger partial charge in [0, 0.05) is 12.0 Å². The van der Waals surface area contributed by atoms with Crippen LogP contribution in [0, 0.1) is 13.8 Å². The molecule has 0 aliphatic heterocycles. The smallest absolute Gasteiger partial charge is 0.305 e. The van der Waals surface area contributed by atoms with Crippen molar-refractivity contribution < 1.29 is 19.0 Å². The van der Waals surface area contributed by atoms with Crippen LogP contribution in [0.2, 0.25) is 0 Å². The highest BCUT2D eigenvalue weighted by molar-refractivity contribution is 5.68.